The molecule has 2 aromatic carbocycles. The highest BCUT2D eigenvalue weighted by Gasteiger charge is 2.25. The predicted octanol–water partition coefficient (Wildman–Crippen LogP) is 7.60. The summed E-state index contributed by atoms with van der Waals surface area (Å²) < 4.78 is 1.10. The molecule has 1 amide bonds. The minimum atomic E-state index is -0.0352. The van der Waals surface area contributed by atoms with Crippen molar-refractivity contribution in [1.29, 1.82) is 0 Å². The van der Waals surface area contributed by atoms with Crippen LogP contribution in [0.25, 0.3) is 31.7 Å². The maximum absolute atomic E-state index is 14.3. The van der Waals surface area contributed by atoms with Crippen LogP contribution in [-0.2, 0) is 0 Å². The zero-order valence-electron chi connectivity index (χ0n) is 21.5. The first kappa shape index (κ1) is 27.2. The third-order valence-electron chi connectivity index (χ3n) is 6.80. The van der Waals surface area contributed by atoms with Crippen LogP contribution in [0.3, 0.4) is 0 Å². The molecule has 3 aromatic heterocycles. The average molecular weight is 551 g/mol. The van der Waals surface area contributed by atoms with Gasteiger partial charge in [0.25, 0.3) is 5.91 Å². The van der Waals surface area contributed by atoms with Gasteiger partial charge in [0.15, 0.2) is 5.13 Å². The summed E-state index contributed by atoms with van der Waals surface area (Å²) in [5.41, 5.74) is 5.67. The van der Waals surface area contributed by atoms with Crippen molar-refractivity contribution in [1.82, 2.24) is 14.9 Å². The highest BCUT2D eigenvalue weighted by molar-refractivity contribution is 7.22. The zero-order valence-corrected chi connectivity index (χ0v) is 24.0. The van der Waals surface area contributed by atoms with Crippen LogP contribution >= 0.6 is 35.1 Å². The van der Waals surface area contributed by atoms with Gasteiger partial charge >= 0.3 is 0 Å². The van der Waals surface area contributed by atoms with E-state index in [1.807, 2.05) is 52.7 Å². The summed E-state index contributed by atoms with van der Waals surface area (Å²) in [6, 6.07) is 18.2. The van der Waals surface area contributed by atoms with E-state index < -0.39 is 0 Å². The van der Waals surface area contributed by atoms with Crippen molar-refractivity contribution >= 4 is 67.2 Å². The number of para-hydroxylation sites is 1. The molecule has 5 rings (SSSR count). The van der Waals surface area contributed by atoms with E-state index in [0.717, 1.165) is 56.5 Å². The van der Waals surface area contributed by atoms with Crippen molar-refractivity contribution in [3.05, 3.63) is 76.7 Å². The fourth-order valence-electron chi connectivity index (χ4n) is 4.44. The topological polar surface area (TPSA) is 49.3 Å². The highest BCUT2D eigenvalue weighted by atomic mass is 35.5. The first-order chi connectivity index (χ1) is 17.5. The quantitative estimate of drug-likeness (QED) is 0.199. The molecule has 0 N–H and O–H groups in total. The standard InChI is InChI=1S/C29H30N4OS2.ClH/c1-5-32(6-2)15-16-33(29-31-27-20(4)19(3)13-14-26(27)36-29)28(34)22-18-24(25-12-9-17-35-25)30-23-11-8-7-10-21(22)23;/h7-14,17-18H,5-6,15-16H2,1-4H3;1H. The number of aryl methyl sites for hydroxylation is 2. The van der Waals surface area contributed by atoms with Crippen LogP contribution in [0.5, 0.6) is 0 Å². The Morgan fingerprint density at radius 2 is 1.73 bits per heavy atom. The van der Waals surface area contributed by atoms with E-state index in [0.29, 0.717) is 12.1 Å². The van der Waals surface area contributed by atoms with Crippen LogP contribution in [0.1, 0.15) is 35.3 Å². The Bertz CT molecular complexity index is 1530. The Labute approximate surface area is 232 Å². The van der Waals surface area contributed by atoms with Crippen molar-refractivity contribution in [2.45, 2.75) is 27.7 Å². The van der Waals surface area contributed by atoms with Crippen molar-refractivity contribution in [3.8, 4) is 10.6 Å². The molecule has 0 unspecified atom stereocenters. The molecule has 0 atom stereocenters. The van der Waals surface area contributed by atoms with Crippen LogP contribution in [0.2, 0.25) is 0 Å². The van der Waals surface area contributed by atoms with E-state index >= 15 is 0 Å². The average Bonchev–Trinajstić information content (AvgIpc) is 3.59. The van der Waals surface area contributed by atoms with E-state index in [2.05, 4.69) is 44.7 Å². The van der Waals surface area contributed by atoms with Gasteiger partial charge in [-0.05, 0) is 67.7 Å². The molecule has 8 heteroatoms. The summed E-state index contributed by atoms with van der Waals surface area (Å²) in [5, 5.41) is 3.65. The summed E-state index contributed by atoms with van der Waals surface area (Å²) in [6.45, 7) is 11.8. The molecule has 5 aromatic rings. The van der Waals surface area contributed by atoms with E-state index in [9.17, 15) is 4.79 Å². The Balaban J connectivity index is 0.00000320. The van der Waals surface area contributed by atoms with Crippen molar-refractivity contribution in [3.63, 3.8) is 0 Å². The second-order valence-electron chi connectivity index (χ2n) is 8.88. The van der Waals surface area contributed by atoms with Gasteiger partial charge in [-0.3, -0.25) is 9.69 Å². The van der Waals surface area contributed by atoms with Gasteiger partial charge in [0.1, 0.15) is 0 Å². The first-order valence-corrected chi connectivity index (χ1v) is 14.0. The van der Waals surface area contributed by atoms with Crippen LogP contribution in [-0.4, -0.2) is 47.0 Å². The smallest absolute Gasteiger partial charge is 0.260 e. The van der Waals surface area contributed by atoms with Gasteiger partial charge in [-0.15, -0.1) is 23.7 Å². The number of carbonyl (C=O) groups is 1. The third kappa shape index (κ3) is 5.41. The van der Waals surface area contributed by atoms with E-state index in [-0.39, 0.29) is 18.3 Å². The predicted molar refractivity (Wildman–Crippen MR) is 161 cm³/mol. The number of hydrogen-bond acceptors (Lipinski definition) is 6. The van der Waals surface area contributed by atoms with Gasteiger partial charge in [-0.25, -0.2) is 9.97 Å². The monoisotopic (exact) mass is 550 g/mol. The lowest BCUT2D eigenvalue weighted by atomic mass is 10.1. The number of anilines is 1. The van der Waals surface area contributed by atoms with Crippen LogP contribution in [0.15, 0.2) is 60.0 Å². The summed E-state index contributed by atoms with van der Waals surface area (Å²) in [4.78, 5) is 29.5. The fourth-order valence-corrected chi connectivity index (χ4v) is 6.18. The molecular formula is C29H31ClN4OS2. The number of hydrogen-bond donors (Lipinski definition) is 0. The van der Waals surface area contributed by atoms with Gasteiger partial charge in [-0.2, -0.15) is 0 Å². The molecule has 0 aliphatic heterocycles. The highest BCUT2D eigenvalue weighted by Crippen LogP contribution is 2.34. The van der Waals surface area contributed by atoms with Gasteiger partial charge < -0.3 is 4.90 Å². The molecule has 37 heavy (non-hydrogen) atoms. The second-order valence-corrected chi connectivity index (χ2v) is 10.8. The summed E-state index contributed by atoms with van der Waals surface area (Å²) >= 11 is 3.22. The van der Waals surface area contributed by atoms with Gasteiger partial charge in [0, 0.05) is 18.5 Å². The van der Waals surface area contributed by atoms with Gasteiger partial charge in [0.05, 0.1) is 31.9 Å². The largest absolute Gasteiger partial charge is 0.302 e. The maximum atomic E-state index is 14.3. The van der Waals surface area contributed by atoms with E-state index in [1.165, 1.54) is 11.1 Å². The lowest BCUT2D eigenvalue weighted by molar-refractivity contribution is 0.0985. The molecule has 192 valence electrons. The third-order valence-corrected chi connectivity index (χ3v) is 8.74. The minimum absolute atomic E-state index is 0. The minimum Gasteiger partial charge on any atom is -0.302 e. The number of carbonyl (C=O) groups excluding carboxylic acids is 1. The molecule has 0 spiro atoms. The molecule has 0 saturated heterocycles. The fraction of sp³-hybridized carbons (Fsp3) is 0.276. The van der Waals surface area contributed by atoms with Crippen molar-refractivity contribution < 1.29 is 4.79 Å². The van der Waals surface area contributed by atoms with E-state index in [4.69, 9.17) is 9.97 Å². The number of likely N-dealkylation sites (N-methyl/N-ethyl adjacent to an activating group) is 1. The summed E-state index contributed by atoms with van der Waals surface area (Å²) in [6.07, 6.45) is 0. The lowest BCUT2D eigenvalue weighted by Crippen LogP contribution is -2.39. The van der Waals surface area contributed by atoms with Crippen LogP contribution in [0, 0.1) is 13.8 Å². The summed E-state index contributed by atoms with van der Waals surface area (Å²) in [5.74, 6) is -0.0352. The molecule has 0 saturated carbocycles. The number of pyridine rings is 1. The second kappa shape index (κ2) is 11.7. The normalized spacial score (nSPS) is 11.3. The zero-order chi connectivity index (χ0) is 25.2. The Morgan fingerprint density at radius 3 is 2.46 bits per heavy atom. The Kier molecular flexibility index (Phi) is 8.60. The number of rotatable bonds is 8. The van der Waals surface area contributed by atoms with Gasteiger partial charge in [-0.1, -0.05) is 55.5 Å². The number of amides is 1. The van der Waals surface area contributed by atoms with E-state index in [1.54, 1.807) is 22.7 Å². The number of thiophene rings is 1. The number of aromatic nitrogens is 2. The first-order valence-electron chi connectivity index (χ1n) is 12.3. The summed E-state index contributed by atoms with van der Waals surface area (Å²) in [7, 11) is 0. The molecule has 0 radical (unpaired) electrons. The number of thiazole rings is 1. The molecule has 0 aliphatic rings. The Hall–Kier alpha value is -2.84. The molecule has 3 heterocycles. The number of halogens is 1. The number of fused-ring (bicyclic) bond motifs is 2. The molecule has 0 bridgehead atoms. The van der Waals surface area contributed by atoms with Crippen molar-refractivity contribution in [2.24, 2.45) is 0 Å². The molecular weight excluding hydrogens is 520 g/mol. The number of nitrogens with zero attached hydrogens (tertiary/aromatic N) is 4. The number of benzene rings is 2. The molecule has 5 nitrogen and oxygen atoms in total. The molecule has 0 fully saturated rings. The Morgan fingerprint density at radius 1 is 0.946 bits per heavy atom. The maximum Gasteiger partial charge on any atom is 0.260 e. The van der Waals surface area contributed by atoms with Crippen LogP contribution in [0.4, 0.5) is 5.13 Å². The van der Waals surface area contributed by atoms with Gasteiger partial charge in [0.2, 0.25) is 0 Å². The van der Waals surface area contributed by atoms with Crippen LogP contribution < -0.4 is 4.90 Å². The molecule has 0 aliphatic carbocycles. The SMILES string of the molecule is CCN(CC)CCN(C(=O)c1cc(-c2cccs2)nc2ccccc12)c1nc2c(C)c(C)ccc2s1.Cl. The van der Waals surface area contributed by atoms with Crippen molar-refractivity contribution in [2.75, 3.05) is 31.1 Å². The lowest BCUT2D eigenvalue weighted by Gasteiger charge is -2.25.